The van der Waals surface area contributed by atoms with Crippen LogP contribution in [0.2, 0.25) is 0 Å². The molecule has 84 valence electrons. The lowest BCUT2D eigenvalue weighted by molar-refractivity contribution is -0.146. The summed E-state index contributed by atoms with van der Waals surface area (Å²) in [6, 6.07) is 7.14. The van der Waals surface area contributed by atoms with Crippen LogP contribution >= 0.6 is 11.3 Å². The zero-order chi connectivity index (χ0) is 11.7. The number of hydrogen-bond donors (Lipinski definition) is 2. The van der Waals surface area contributed by atoms with Crippen LogP contribution in [0.25, 0.3) is 10.1 Å². The molecule has 2 rings (SSSR count). The summed E-state index contributed by atoms with van der Waals surface area (Å²) in [5.41, 5.74) is 0. The molecule has 0 bridgehead atoms. The lowest BCUT2D eigenvalue weighted by Crippen LogP contribution is -2.08. The predicted octanol–water partition coefficient (Wildman–Crippen LogP) is 2.03. The summed E-state index contributed by atoms with van der Waals surface area (Å²) in [7, 11) is 1.56. The van der Waals surface area contributed by atoms with E-state index in [4.69, 9.17) is 9.84 Å². The molecule has 0 fully saturated rings. The van der Waals surface area contributed by atoms with Gasteiger partial charge in [-0.1, -0.05) is 6.07 Å². The molecule has 0 saturated carbocycles. The number of carboxylic acid groups (broad SMARTS) is 1. The monoisotopic (exact) mass is 238 g/mol. The van der Waals surface area contributed by atoms with Crippen LogP contribution in [-0.4, -0.2) is 23.3 Å². The topological polar surface area (TPSA) is 66.8 Å². The first-order valence-corrected chi connectivity index (χ1v) is 5.42. The van der Waals surface area contributed by atoms with Gasteiger partial charge in [-0.3, -0.25) is 0 Å². The SMILES string of the molecule is COc1cccc2sc(C(O)C(=O)O)cc12. The summed E-state index contributed by atoms with van der Waals surface area (Å²) >= 11 is 1.25. The van der Waals surface area contributed by atoms with Gasteiger partial charge in [-0.25, -0.2) is 4.79 Å². The Balaban J connectivity index is 2.55. The molecular formula is C11H10O4S. The number of carboxylic acids is 1. The van der Waals surface area contributed by atoms with Crippen LogP contribution in [0, 0.1) is 0 Å². The largest absolute Gasteiger partial charge is 0.496 e. The Kier molecular flexibility index (Phi) is 2.80. The molecule has 16 heavy (non-hydrogen) atoms. The molecule has 1 atom stereocenters. The fourth-order valence-corrected chi connectivity index (χ4v) is 2.55. The van der Waals surface area contributed by atoms with Gasteiger partial charge < -0.3 is 14.9 Å². The summed E-state index contributed by atoms with van der Waals surface area (Å²) in [4.78, 5) is 11.1. The smallest absolute Gasteiger partial charge is 0.338 e. The fraction of sp³-hybridized carbons (Fsp3) is 0.182. The van der Waals surface area contributed by atoms with Crippen molar-refractivity contribution in [3.8, 4) is 5.75 Å². The number of fused-ring (bicyclic) bond motifs is 1. The number of methoxy groups -OCH3 is 1. The van der Waals surface area contributed by atoms with Crippen LogP contribution in [-0.2, 0) is 4.79 Å². The minimum absolute atomic E-state index is 0.409. The lowest BCUT2D eigenvalue weighted by Gasteiger charge is -2.00. The molecule has 1 heterocycles. The zero-order valence-corrected chi connectivity index (χ0v) is 9.32. The number of benzene rings is 1. The molecule has 0 saturated heterocycles. The highest BCUT2D eigenvalue weighted by atomic mass is 32.1. The molecule has 1 aromatic heterocycles. The van der Waals surface area contributed by atoms with Crippen molar-refractivity contribution in [2.24, 2.45) is 0 Å². The molecule has 0 aliphatic heterocycles. The van der Waals surface area contributed by atoms with E-state index in [1.165, 1.54) is 11.3 Å². The Labute approximate surface area is 95.7 Å². The second-order valence-electron chi connectivity index (χ2n) is 3.26. The number of carbonyl (C=O) groups is 1. The third-order valence-electron chi connectivity index (χ3n) is 2.26. The average Bonchev–Trinajstić information content (AvgIpc) is 2.70. The van der Waals surface area contributed by atoms with E-state index in [9.17, 15) is 9.90 Å². The van der Waals surface area contributed by atoms with Gasteiger partial charge >= 0.3 is 5.97 Å². The van der Waals surface area contributed by atoms with Gasteiger partial charge in [-0.15, -0.1) is 11.3 Å². The number of hydrogen-bond acceptors (Lipinski definition) is 4. The number of aliphatic hydroxyl groups is 1. The first kappa shape index (κ1) is 10.9. The van der Waals surface area contributed by atoms with Gasteiger partial charge in [0.05, 0.1) is 7.11 Å². The van der Waals surface area contributed by atoms with Crippen LogP contribution in [0.3, 0.4) is 0 Å². The highest BCUT2D eigenvalue weighted by Gasteiger charge is 2.19. The fourth-order valence-electron chi connectivity index (χ4n) is 1.49. The maximum Gasteiger partial charge on any atom is 0.338 e. The van der Waals surface area contributed by atoms with Gasteiger partial charge in [0.1, 0.15) is 5.75 Å². The van der Waals surface area contributed by atoms with Crippen LogP contribution in [0.5, 0.6) is 5.75 Å². The zero-order valence-electron chi connectivity index (χ0n) is 8.51. The molecule has 0 spiro atoms. The number of aliphatic carboxylic acids is 1. The van der Waals surface area contributed by atoms with Gasteiger partial charge in [-0.2, -0.15) is 0 Å². The normalized spacial score (nSPS) is 12.6. The molecule has 5 heteroatoms. The minimum Gasteiger partial charge on any atom is -0.496 e. The van der Waals surface area contributed by atoms with Crippen molar-refractivity contribution in [1.29, 1.82) is 0 Å². The number of thiophene rings is 1. The van der Waals surface area contributed by atoms with Crippen molar-refractivity contribution < 1.29 is 19.7 Å². The Bertz CT molecular complexity index is 532. The maximum atomic E-state index is 10.7. The van der Waals surface area contributed by atoms with Gasteiger partial charge in [0.2, 0.25) is 0 Å². The average molecular weight is 238 g/mol. The first-order chi connectivity index (χ1) is 7.63. The Hall–Kier alpha value is -1.59. The number of aliphatic hydroxyl groups excluding tert-OH is 1. The summed E-state index contributed by atoms with van der Waals surface area (Å²) < 4.78 is 6.06. The van der Waals surface area contributed by atoms with Gasteiger partial charge in [-0.05, 0) is 18.2 Å². The van der Waals surface area contributed by atoms with Crippen molar-refractivity contribution in [1.82, 2.24) is 0 Å². The maximum absolute atomic E-state index is 10.7. The molecule has 4 nitrogen and oxygen atoms in total. The summed E-state index contributed by atoms with van der Waals surface area (Å²) in [6.45, 7) is 0. The standard InChI is InChI=1S/C11H10O4S/c1-15-7-3-2-4-8-6(7)5-9(16-8)10(12)11(13)14/h2-5,10,12H,1H3,(H,13,14). The number of ether oxygens (including phenoxy) is 1. The summed E-state index contributed by atoms with van der Waals surface area (Å²) in [6.07, 6.45) is -1.47. The van der Waals surface area contributed by atoms with E-state index in [2.05, 4.69) is 0 Å². The van der Waals surface area contributed by atoms with Crippen LogP contribution in [0.15, 0.2) is 24.3 Å². The molecule has 0 aliphatic rings. The summed E-state index contributed by atoms with van der Waals surface area (Å²) in [5.74, 6) is -0.567. The predicted molar refractivity (Wildman–Crippen MR) is 61.0 cm³/mol. The van der Waals surface area contributed by atoms with Gasteiger partial charge in [0.25, 0.3) is 0 Å². The van der Waals surface area contributed by atoms with E-state index < -0.39 is 12.1 Å². The van der Waals surface area contributed by atoms with Crippen molar-refractivity contribution in [3.05, 3.63) is 29.1 Å². The van der Waals surface area contributed by atoms with E-state index in [0.29, 0.717) is 10.6 Å². The first-order valence-electron chi connectivity index (χ1n) is 4.61. The molecule has 0 radical (unpaired) electrons. The molecule has 0 amide bonds. The second kappa shape index (κ2) is 4.11. The van der Waals surface area contributed by atoms with Gasteiger partial charge in [0.15, 0.2) is 6.10 Å². The Morgan fingerprint density at radius 2 is 2.25 bits per heavy atom. The van der Waals surface area contributed by atoms with Gasteiger partial charge in [0, 0.05) is 15.0 Å². The highest BCUT2D eigenvalue weighted by molar-refractivity contribution is 7.19. The quantitative estimate of drug-likeness (QED) is 0.858. The van der Waals surface area contributed by atoms with Crippen molar-refractivity contribution >= 4 is 27.4 Å². The number of rotatable bonds is 3. The van der Waals surface area contributed by atoms with Crippen LogP contribution in [0.4, 0.5) is 0 Å². The van der Waals surface area contributed by atoms with E-state index in [1.54, 1.807) is 19.2 Å². The Morgan fingerprint density at radius 1 is 1.50 bits per heavy atom. The third kappa shape index (κ3) is 1.75. The van der Waals surface area contributed by atoms with E-state index in [0.717, 1.165) is 10.1 Å². The van der Waals surface area contributed by atoms with E-state index >= 15 is 0 Å². The molecule has 0 aliphatic carbocycles. The lowest BCUT2D eigenvalue weighted by atomic mass is 10.2. The van der Waals surface area contributed by atoms with Crippen molar-refractivity contribution in [2.45, 2.75) is 6.10 Å². The molecule has 1 unspecified atom stereocenters. The summed E-state index contributed by atoms with van der Waals surface area (Å²) in [5, 5.41) is 19.0. The van der Waals surface area contributed by atoms with E-state index in [1.807, 2.05) is 12.1 Å². The van der Waals surface area contributed by atoms with E-state index in [-0.39, 0.29) is 0 Å². The third-order valence-corrected chi connectivity index (χ3v) is 3.42. The molecular weight excluding hydrogens is 228 g/mol. The van der Waals surface area contributed by atoms with Crippen LogP contribution < -0.4 is 4.74 Å². The Morgan fingerprint density at radius 3 is 2.88 bits per heavy atom. The van der Waals surface area contributed by atoms with Crippen LogP contribution in [0.1, 0.15) is 11.0 Å². The highest BCUT2D eigenvalue weighted by Crippen LogP contribution is 2.35. The van der Waals surface area contributed by atoms with Crippen molar-refractivity contribution in [3.63, 3.8) is 0 Å². The molecule has 2 aromatic rings. The second-order valence-corrected chi connectivity index (χ2v) is 4.38. The molecule has 1 aromatic carbocycles. The van der Waals surface area contributed by atoms with Crippen molar-refractivity contribution in [2.75, 3.05) is 7.11 Å². The molecule has 2 N–H and O–H groups in total. The minimum atomic E-state index is -1.47.